The van der Waals surface area contributed by atoms with Crippen LogP contribution in [0.4, 0.5) is 0 Å². The van der Waals surface area contributed by atoms with Crippen molar-refractivity contribution in [2.24, 2.45) is 0 Å². The molecule has 24 heavy (non-hydrogen) atoms. The van der Waals surface area contributed by atoms with E-state index in [4.69, 9.17) is 4.74 Å². The van der Waals surface area contributed by atoms with Crippen molar-refractivity contribution in [3.63, 3.8) is 0 Å². The Bertz CT molecular complexity index is 617. The summed E-state index contributed by atoms with van der Waals surface area (Å²) in [7, 11) is 4.24. The van der Waals surface area contributed by atoms with E-state index in [0.717, 1.165) is 32.3 Å². The topological polar surface area (TPSA) is 78.5 Å². The molecule has 0 saturated carbocycles. The van der Waals surface area contributed by atoms with Gasteiger partial charge in [-0.2, -0.15) is 5.10 Å². The minimum absolute atomic E-state index is 0.0928. The minimum Gasteiger partial charge on any atom is -0.375 e. The van der Waals surface area contributed by atoms with Gasteiger partial charge in [0.15, 0.2) is 5.78 Å². The number of carbonyl (C=O) groups is 2. The molecule has 1 aromatic heterocycles. The van der Waals surface area contributed by atoms with Gasteiger partial charge in [0.05, 0.1) is 5.60 Å². The van der Waals surface area contributed by atoms with Crippen molar-refractivity contribution in [3.8, 4) is 0 Å². The molecule has 1 spiro atoms. The van der Waals surface area contributed by atoms with Gasteiger partial charge in [-0.05, 0) is 45.8 Å². The Morgan fingerprint density at radius 1 is 1.38 bits per heavy atom. The monoisotopic (exact) mass is 334 g/mol. The van der Waals surface area contributed by atoms with Crippen LogP contribution >= 0.6 is 0 Å². The number of ketones is 1. The summed E-state index contributed by atoms with van der Waals surface area (Å²) in [6.07, 6.45) is 3.81. The lowest BCUT2D eigenvalue weighted by atomic mass is 9.82. The Balaban J connectivity index is 1.62. The number of amides is 1. The Kier molecular flexibility index (Phi) is 4.73. The average molecular weight is 334 g/mol. The maximum atomic E-state index is 12.6. The fourth-order valence-electron chi connectivity index (χ4n) is 3.69. The number of piperidine rings is 1. The number of H-pyrrole nitrogens is 1. The zero-order valence-corrected chi connectivity index (χ0v) is 14.7. The smallest absolute Gasteiger partial charge is 0.271 e. The maximum Gasteiger partial charge on any atom is 0.271 e. The van der Waals surface area contributed by atoms with E-state index in [1.54, 1.807) is 0 Å². The van der Waals surface area contributed by atoms with Gasteiger partial charge in [-0.3, -0.25) is 14.7 Å². The van der Waals surface area contributed by atoms with E-state index in [1.165, 1.54) is 13.0 Å². The van der Waals surface area contributed by atoms with Crippen LogP contribution in [0.5, 0.6) is 0 Å². The van der Waals surface area contributed by atoms with Gasteiger partial charge in [0, 0.05) is 32.7 Å². The van der Waals surface area contributed by atoms with Crippen molar-refractivity contribution >= 4 is 11.7 Å². The number of aromatic amines is 1. The van der Waals surface area contributed by atoms with Crippen LogP contribution in [0.3, 0.4) is 0 Å². The maximum absolute atomic E-state index is 12.6. The van der Waals surface area contributed by atoms with Gasteiger partial charge in [0.25, 0.3) is 5.91 Å². The number of hydrogen-bond acceptors (Lipinski definition) is 5. The van der Waals surface area contributed by atoms with Gasteiger partial charge < -0.3 is 14.5 Å². The first kappa shape index (κ1) is 17.1. The van der Waals surface area contributed by atoms with Crippen LogP contribution < -0.4 is 0 Å². The second kappa shape index (κ2) is 6.64. The molecule has 7 nitrogen and oxygen atoms in total. The fraction of sp³-hybridized carbons (Fsp3) is 0.706. The average Bonchev–Trinajstić information content (AvgIpc) is 3.05. The van der Waals surface area contributed by atoms with Crippen molar-refractivity contribution in [2.45, 2.75) is 44.2 Å². The largest absolute Gasteiger partial charge is 0.375 e. The number of aromatic nitrogens is 2. The zero-order valence-electron chi connectivity index (χ0n) is 14.7. The van der Waals surface area contributed by atoms with E-state index < -0.39 is 0 Å². The van der Waals surface area contributed by atoms with Gasteiger partial charge in [-0.25, -0.2) is 0 Å². The van der Waals surface area contributed by atoms with Crippen LogP contribution in [0.15, 0.2) is 6.07 Å². The molecule has 0 aliphatic carbocycles. The summed E-state index contributed by atoms with van der Waals surface area (Å²) in [5, 5.41) is 6.57. The molecule has 132 valence electrons. The number of carbonyl (C=O) groups excluding carboxylic acids is 2. The third-order valence-electron chi connectivity index (χ3n) is 5.33. The fourth-order valence-corrected chi connectivity index (χ4v) is 3.69. The van der Waals surface area contributed by atoms with E-state index >= 15 is 0 Å². The normalized spacial score (nSPS) is 23.7. The van der Waals surface area contributed by atoms with E-state index in [2.05, 4.69) is 29.2 Å². The van der Waals surface area contributed by atoms with Gasteiger partial charge in [-0.1, -0.05) is 0 Å². The van der Waals surface area contributed by atoms with Crippen LogP contribution in [0.25, 0.3) is 0 Å². The van der Waals surface area contributed by atoms with Crippen molar-refractivity contribution in [2.75, 3.05) is 33.8 Å². The minimum atomic E-state index is -0.145. The summed E-state index contributed by atoms with van der Waals surface area (Å²) >= 11 is 0. The number of nitrogens with one attached hydrogen (secondary N) is 1. The van der Waals surface area contributed by atoms with Crippen LogP contribution in [-0.4, -0.2) is 77.1 Å². The Morgan fingerprint density at radius 2 is 2.08 bits per heavy atom. The summed E-state index contributed by atoms with van der Waals surface area (Å²) in [6, 6.07) is 2.08. The molecule has 2 fully saturated rings. The summed E-state index contributed by atoms with van der Waals surface area (Å²) in [5.74, 6) is -0.238. The number of hydrogen-bond donors (Lipinski definition) is 1. The summed E-state index contributed by atoms with van der Waals surface area (Å²) in [4.78, 5) is 28.0. The highest BCUT2D eigenvalue weighted by molar-refractivity contribution is 5.97. The van der Waals surface area contributed by atoms with Gasteiger partial charge in [0.1, 0.15) is 11.4 Å². The SMILES string of the molecule is CC(=O)c1cc(C(=O)N2CCC3(CC2)CC(N(C)C)CCO3)[nH]n1. The molecule has 1 aromatic rings. The standard InChI is InChI=1S/C17H26N4O3/c1-12(22)14-10-15(19-18-14)16(23)21-7-5-17(6-8-21)11-13(20(2)3)4-9-24-17/h10,13H,4-9,11H2,1-3H3,(H,18,19). The number of Topliss-reactive ketones (excluding diaryl/α,β-unsaturated/α-hetero) is 1. The first-order valence-corrected chi connectivity index (χ1v) is 8.56. The van der Waals surface area contributed by atoms with Crippen molar-refractivity contribution in [3.05, 3.63) is 17.5 Å². The number of nitrogens with zero attached hydrogens (tertiary/aromatic N) is 3. The predicted molar refractivity (Wildman–Crippen MR) is 89.1 cm³/mol. The molecule has 1 unspecified atom stereocenters. The molecule has 2 aliphatic rings. The predicted octanol–water partition coefficient (Wildman–Crippen LogP) is 1.33. The molecule has 1 amide bonds. The molecular formula is C17H26N4O3. The third-order valence-corrected chi connectivity index (χ3v) is 5.33. The third kappa shape index (κ3) is 3.37. The molecule has 7 heteroatoms. The van der Waals surface area contributed by atoms with Crippen molar-refractivity contribution in [1.82, 2.24) is 20.0 Å². The Morgan fingerprint density at radius 3 is 2.67 bits per heavy atom. The van der Waals surface area contributed by atoms with Crippen LogP contribution in [-0.2, 0) is 4.74 Å². The van der Waals surface area contributed by atoms with Crippen LogP contribution in [0.2, 0.25) is 0 Å². The molecule has 3 rings (SSSR count). The van der Waals surface area contributed by atoms with E-state index in [1.807, 2.05) is 4.90 Å². The second-order valence-electron chi connectivity index (χ2n) is 7.16. The molecule has 1 N–H and O–H groups in total. The quantitative estimate of drug-likeness (QED) is 0.844. The van der Waals surface area contributed by atoms with Gasteiger partial charge in [-0.15, -0.1) is 0 Å². The van der Waals surface area contributed by atoms with Crippen LogP contribution in [0, 0.1) is 0 Å². The van der Waals surface area contributed by atoms with E-state index in [0.29, 0.717) is 30.5 Å². The lowest BCUT2D eigenvalue weighted by Crippen LogP contribution is -2.53. The summed E-state index contributed by atoms with van der Waals surface area (Å²) in [5.41, 5.74) is 0.589. The highest BCUT2D eigenvalue weighted by Gasteiger charge is 2.41. The summed E-state index contributed by atoms with van der Waals surface area (Å²) in [6.45, 7) is 3.58. The molecule has 0 bridgehead atoms. The molecule has 0 aromatic carbocycles. The highest BCUT2D eigenvalue weighted by Crippen LogP contribution is 2.36. The molecule has 2 saturated heterocycles. The first-order valence-electron chi connectivity index (χ1n) is 8.56. The Hall–Kier alpha value is -1.73. The lowest BCUT2D eigenvalue weighted by molar-refractivity contribution is -0.125. The highest BCUT2D eigenvalue weighted by atomic mass is 16.5. The zero-order chi connectivity index (χ0) is 17.3. The van der Waals surface area contributed by atoms with E-state index in [9.17, 15) is 9.59 Å². The van der Waals surface area contributed by atoms with Gasteiger partial charge >= 0.3 is 0 Å². The van der Waals surface area contributed by atoms with Gasteiger partial charge in [0.2, 0.25) is 0 Å². The number of likely N-dealkylation sites (tertiary alicyclic amines) is 1. The second-order valence-corrected chi connectivity index (χ2v) is 7.16. The number of ether oxygens (including phenoxy) is 1. The van der Waals surface area contributed by atoms with Crippen LogP contribution in [0.1, 0.15) is 53.6 Å². The van der Waals surface area contributed by atoms with Crippen molar-refractivity contribution in [1.29, 1.82) is 0 Å². The molecular weight excluding hydrogens is 308 g/mol. The number of rotatable bonds is 3. The van der Waals surface area contributed by atoms with Crippen molar-refractivity contribution < 1.29 is 14.3 Å². The lowest BCUT2D eigenvalue weighted by Gasteiger charge is -2.47. The molecule has 2 aliphatic heterocycles. The Labute approximate surface area is 142 Å². The molecule has 0 radical (unpaired) electrons. The summed E-state index contributed by atoms with van der Waals surface area (Å²) < 4.78 is 6.13. The first-order chi connectivity index (χ1) is 11.4. The molecule has 1 atom stereocenters. The molecule has 3 heterocycles. The van der Waals surface area contributed by atoms with E-state index in [-0.39, 0.29) is 17.3 Å².